The Balaban J connectivity index is 1.53. The third-order valence-electron chi connectivity index (χ3n) is 6.78. The van der Waals surface area contributed by atoms with Crippen LogP contribution in [0.3, 0.4) is 0 Å². The number of amides is 2. The van der Waals surface area contributed by atoms with Gasteiger partial charge in [0.15, 0.2) is 27.7 Å². The second-order valence-electron chi connectivity index (χ2n) is 9.42. The minimum atomic E-state index is -1.87. The van der Waals surface area contributed by atoms with Crippen molar-refractivity contribution >= 4 is 92.4 Å². The zero-order valence-corrected chi connectivity index (χ0v) is 25.2. The highest BCUT2D eigenvalue weighted by atomic mass is 32.2. The van der Waals surface area contributed by atoms with Gasteiger partial charge in [0.2, 0.25) is 12.1 Å². The molecule has 5 heterocycles. The Morgan fingerprint density at radius 1 is 1.36 bits per heavy atom. The number of anilines is 2. The number of hydrogen-bond acceptors (Lipinski definition) is 15. The van der Waals surface area contributed by atoms with E-state index in [1.165, 1.54) is 20.5 Å². The molecule has 2 aliphatic rings. The van der Waals surface area contributed by atoms with Gasteiger partial charge in [-0.15, -0.1) is 28.2 Å². The Hall–Kier alpha value is -4.89. The minimum absolute atomic E-state index is 0.00330. The summed E-state index contributed by atoms with van der Waals surface area (Å²) in [5.41, 5.74) is 9.08. The van der Waals surface area contributed by atoms with Crippen LogP contribution in [0.2, 0.25) is 0 Å². The highest BCUT2D eigenvalue weighted by molar-refractivity contribution is 8.00. The lowest BCUT2D eigenvalue weighted by Crippen LogP contribution is -2.80. The van der Waals surface area contributed by atoms with Crippen molar-refractivity contribution in [2.24, 2.45) is 12.2 Å². The molecule has 18 nitrogen and oxygen atoms in total. The average molecular weight is 662 g/mol. The van der Waals surface area contributed by atoms with E-state index >= 15 is 0 Å². The van der Waals surface area contributed by atoms with Crippen LogP contribution in [0.25, 0.3) is 11.2 Å². The van der Waals surface area contributed by atoms with Crippen LogP contribution in [0, 0.1) is 5.41 Å². The number of nitrogens with two attached hydrogens (primary N) is 2. The molecule has 3 atom stereocenters. The predicted octanol–water partition coefficient (Wildman–Crippen LogP) is -0.982. The molecular weight excluding hydrogens is 639 g/mol. The molecule has 230 valence electrons. The topological polar surface area (TPSA) is 270 Å². The van der Waals surface area contributed by atoms with Gasteiger partial charge in [-0.1, -0.05) is 24.3 Å². The predicted molar refractivity (Wildman–Crippen MR) is 160 cm³/mol. The number of aliphatic carboxylic acids is 2. The molecule has 3 aromatic heterocycles. The van der Waals surface area contributed by atoms with Crippen LogP contribution in [0.4, 0.5) is 11.1 Å². The van der Waals surface area contributed by atoms with Crippen molar-refractivity contribution in [2.75, 3.05) is 17.2 Å². The van der Waals surface area contributed by atoms with Crippen LogP contribution in [0.5, 0.6) is 0 Å². The molecule has 2 aliphatic heterocycles. The molecule has 8 N–H and O–H groups in total. The van der Waals surface area contributed by atoms with Gasteiger partial charge >= 0.3 is 11.9 Å². The first kappa shape index (κ1) is 30.6. The van der Waals surface area contributed by atoms with Gasteiger partial charge in [-0.05, 0) is 6.42 Å². The number of aromatic nitrogens is 5. The number of fused-ring (bicyclic) bond motifs is 2. The summed E-state index contributed by atoms with van der Waals surface area (Å²) in [6.45, 7) is 1.54. The number of rotatable bonds is 10. The zero-order valence-electron chi connectivity index (χ0n) is 22.7. The Kier molecular flexibility index (Phi) is 7.86. The van der Waals surface area contributed by atoms with E-state index in [-0.39, 0.29) is 45.8 Å². The maximum atomic E-state index is 13.7. The first-order chi connectivity index (χ1) is 20.8. The van der Waals surface area contributed by atoms with E-state index in [1.54, 1.807) is 14.0 Å². The van der Waals surface area contributed by atoms with Gasteiger partial charge in [-0.25, -0.2) is 19.6 Å². The smallest absolute Gasteiger partial charge is 0.353 e. The fourth-order valence-corrected chi connectivity index (χ4v) is 6.92. The summed E-state index contributed by atoms with van der Waals surface area (Å²) in [7, 11) is 1.61. The van der Waals surface area contributed by atoms with E-state index in [0.717, 1.165) is 33.4 Å². The number of oxime groups is 1. The largest absolute Gasteiger partial charge is 0.478 e. The monoisotopic (exact) mass is 661 g/mol. The van der Waals surface area contributed by atoms with Crippen LogP contribution < -0.4 is 22.3 Å². The lowest BCUT2D eigenvalue weighted by Gasteiger charge is -2.55. The van der Waals surface area contributed by atoms with Crippen LogP contribution in [0.1, 0.15) is 24.9 Å². The number of carboxylic acid groups (broad SMARTS) is 2. The van der Waals surface area contributed by atoms with Gasteiger partial charge in [0.05, 0.1) is 0 Å². The Labute approximate surface area is 259 Å². The first-order valence-electron chi connectivity index (χ1n) is 12.5. The fraction of sp³-hybridized carbons (Fsp3) is 0.304. The van der Waals surface area contributed by atoms with Crippen molar-refractivity contribution in [2.45, 2.75) is 30.4 Å². The van der Waals surface area contributed by atoms with Crippen LogP contribution in [-0.4, -0.2) is 96.9 Å². The molecule has 5 rings (SSSR count). The van der Waals surface area contributed by atoms with Gasteiger partial charge in [0.25, 0.3) is 11.8 Å². The summed E-state index contributed by atoms with van der Waals surface area (Å²) in [5, 5.41) is 39.6. The highest BCUT2D eigenvalue weighted by Gasteiger charge is 2.65. The van der Waals surface area contributed by atoms with E-state index in [9.17, 15) is 29.4 Å². The highest BCUT2D eigenvalue weighted by Crippen LogP contribution is 2.47. The molecule has 0 saturated carbocycles. The Bertz CT molecular complexity index is 1880. The maximum Gasteiger partial charge on any atom is 0.353 e. The number of carboxylic acids is 2. The first-order valence-corrected chi connectivity index (χ1v) is 14.9. The average Bonchev–Trinajstić information content (AvgIpc) is 3.54. The van der Waals surface area contributed by atoms with Gasteiger partial charge in [-0.3, -0.25) is 24.5 Å². The summed E-state index contributed by atoms with van der Waals surface area (Å²) in [6.07, 6.45) is -1.34. The number of nitrogen functional groups attached to an aromatic ring is 2. The molecule has 1 unspecified atom stereocenters. The summed E-state index contributed by atoms with van der Waals surface area (Å²) < 4.78 is 2.77. The molecule has 2 amide bonds. The number of thiocarbonyl (C=S) groups is 1. The van der Waals surface area contributed by atoms with Gasteiger partial charge < -0.3 is 31.8 Å². The van der Waals surface area contributed by atoms with Gasteiger partial charge in [-0.2, -0.15) is 4.52 Å². The van der Waals surface area contributed by atoms with E-state index in [2.05, 4.69) is 25.5 Å². The van der Waals surface area contributed by atoms with Crippen LogP contribution >= 0.6 is 35.3 Å². The lowest BCUT2D eigenvalue weighted by molar-refractivity contribution is -0.153. The molecule has 0 radical (unpaired) electrons. The molecule has 3 aromatic rings. The summed E-state index contributed by atoms with van der Waals surface area (Å²) >= 11 is 7.25. The van der Waals surface area contributed by atoms with E-state index in [1.807, 2.05) is 0 Å². The Morgan fingerprint density at radius 2 is 2.09 bits per heavy atom. The summed E-state index contributed by atoms with van der Waals surface area (Å²) in [6, 6.07) is 1.39. The zero-order chi connectivity index (χ0) is 32.1. The SMILES string of the molecule is CC[C@H](O/N=C(\C(=O)NC1(C=S)C(=O)N2C(C(=O)O)=C(c3nc(=N)cc4n(C)c(N)nn34)CS[C@H]21)c1csc(N)n1)C(=O)O. The standard InChI is InChI=1S/C23H23N11O7S3/c1-3-10(17(36)37)41-31-13(9-6-44-22(26)27-9)16(35)29-23(7-42)19(40)33-14(18(38)39)8(5-43-20(23)33)15-28-11(24)4-12-32(2)21(25)30-34(12)15/h4,6-7,10,20,24H,3,5H2,1-2H3,(H2,25,30)(H2,26,27)(H,29,35)(H,36,37)(H,38,39)/b24-11?,31-13-/t10-,20-,23?/m0/s1. The molecule has 0 bridgehead atoms. The van der Waals surface area contributed by atoms with E-state index in [4.69, 9.17) is 33.9 Å². The van der Waals surface area contributed by atoms with E-state index < -0.39 is 52.2 Å². The summed E-state index contributed by atoms with van der Waals surface area (Å²) in [4.78, 5) is 65.6. The van der Waals surface area contributed by atoms with Gasteiger partial charge in [0.1, 0.15) is 22.4 Å². The molecule has 1 saturated heterocycles. The van der Waals surface area contributed by atoms with Crippen molar-refractivity contribution < 1.29 is 34.2 Å². The maximum absolute atomic E-state index is 13.7. The quantitative estimate of drug-likeness (QED) is 0.0660. The second-order valence-corrected chi connectivity index (χ2v) is 11.6. The van der Waals surface area contributed by atoms with Crippen molar-refractivity contribution in [3.05, 3.63) is 34.1 Å². The molecule has 0 spiro atoms. The minimum Gasteiger partial charge on any atom is -0.478 e. The number of thioether (sulfide) groups is 1. The van der Waals surface area contributed by atoms with Crippen LogP contribution in [-0.2, 0) is 31.1 Å². The molecule has 0 aromatic carbocycles. The van der Waals surface area contributed by atoms with Gasteiger partial charge in [0, 0.05) is 35.2 Å². The van der Waals surface area contributed by atoms with Crippen molar-refractivity contribution in [1.82, 2.24) is 34.4 Å². The van der Waals surface area contributed by atoms with E-state index in [0.29, 0.717) is 5.65 Å². The summed E-state index contributed by atoms with van der Waals surface area (Å²) in [5.74, 6) is -4.60. The number of aryl methyl sites for hydroxylation is 1. The fourth-order valence-electron chi connectivity index (χ4n) is 4.57. The number of thiazole rings is 1. The lowest BCUT2D eigenvalue weighted by atomic mass is 9.87. The molecule has 44 heavy (non-hydrogen) atoms. The normalized spacial score (nSPS) is 20.6. The molecular formula is C23H23N11O7S3. The number of hydrogen-bond donors (Lipinski definition) is 6. The number of nitrogens with zero attached hydrogens (tertiary/aromatic N) is 7. The number of β-lactam (4-membered cyclic amide) rings is 1. The number of carbonyl (C=O) groups excluding carboxylic acids is 2. The Morgan fingerprint density at radius 3 is 2.68 bits per heavy atom. The molecule has 1 fully saturated rings. The third-order valence-corrected chi connectivity index (χ3v) is 9.18. The number of nitrogens with one attached hydrogen (secondary N) is 2. The van der Waals surface area contributed by atoms with Crippen molar-refractivity contribution in [3.63, 3.8) is 0 Å². The molecule has 21 heteroatoms. The van der Waals surface area contributed by atoms with Crippen molar-refractivity contribution in [3.8, 4) is 0 Å². The third kappa shape index (κ3) is 4.83. The second kappa shape index (κ2) is 11.3. The van der Waals surface area contributed by atoms with Crippen LogP contribution in [0.15, 0.2) is 22.3 Å². The van der Waals surface area contributed by atoms with Crippen molar-refractivity contribution in [1.29, 1.82) is 5.41 Å². The number of carbonyl (C=O) groups is 4. The molecule has 0 aliphatic carbocycles.